The number of hydrogen-bond donors (Lipinski definition) is 2. The van der Waals surface area contributed by atoms with Crippen LogP contribution in [0, 0.1) is 0 Å². The Balaban J connectivity index is 1.98. The summed E-state index contributed by atoms with van der Waals surface area (Å²) in [4.78, 5) is 17.2. The van der Waals surface area contributed by atoms with Gasteiger partial charge in [-0.05, 0) is 36.8 Å². The van der Waals surface area contributed by atoms with Crippen LogP contribution in [0.25, 0.3) is 6.08 Å². The maximum Gasteiger partial charge on any atom is 0.339 e. The molecule has 2 aromatic heterocycles. The van der Waals surface area contributed by atoms with Crippen molar-refractivity contribution in [1.82, 2.24) is 10.0 Å². The minimum absolute atomic E-state index is 0.466. The topological polar surface area (TPSA) is 79.4 Å². The molecular formula is C15H17N3O2S. The first-order valence-electron chi connectivity index (χ1n) is 6.49. The smallest absolute Gasteiger partial charge is 0.339 e. The van der Waals surface area contributed by atoms with Crippen LogP contribution in [-0.4, -0.2) is 27.3 Å². The second kappa shape index (κ2) is 7.01. The Kier molecular flexibility index (Phi) is 5.08. The van der Waals surface area contributed by atoms with Crippen LogP contribution in [0.2, 0.25) is 0 Å². The molecule has 1 unspecified atom stereocenters. The van der Waals surface area contributed by atoms with Crippen molar-refractivity contribution in [3.8, 4) is 0 Å². The van der Waals surface area contributed by atoms with Crippen LogP contribution in [0.5, 0.6) is 0 Å². The largest absolute Gasteiger partial charge is 0.350 e. The maximum absolute atomic E-state index is 10.8. The average Bonchev–Trinajstić information content (AvgIpc) is 2.92. The van der Waals surface area contributed by atoms with Crippen LogP contribution >= 0.6 is 11.3 Å². The summed E-state index contributed by atoms with van der Waals surface area (Å²) < 4.78 is 0. The van der Waals surface area contributed by atoms with E-state index in [0.29, 0.717) is 5.06 Å². The van der Waals surface area contributed by atoms with E-state index in [1.165, 1.54) is 10.4 Å². The molecule has 0 saturated heterocycles. The highest BCUT2D eigenvalue weighted by Crippen LogP contribution is 2.21. The van der Waals surface area contributed by atoms with Crippen molar-refractivity contribution >= 4 is 23.4 Å². The van der Waals surface area contributed by atoms with E-state index in [1.807, 2.05) is 30.5 Å². The van der Waals surface area contributed by atoms with E-state index >= 15 is 0 Å². The van der Waals surface area contributed by atoms with Crippen LogP contribution in [0.4, 0.5) is 4.79 Å². The molecule has 2 amide bonds. The summed E-state index contributed by atoms with van der Waals surface area (Å²) >= 11 is 1.66. The van der Waals surface area contributed by atoms with Gasteiger partial charge < -0.3 is 5.73 Å². The number of urea groups is 1. The Morgan fingerprint density at radius 2 is 2.33 bits per heavy atom. The van der Waals surface area contributed by atoms with Crippen molar-refractivity contribution in [3.05, 3.63) is 58.1 Å². The van der Waals surface area contributed by atoms with Gasteiger partial charge in [0.15, 0.2) is 0 Å². The van der Waals surface area contributed by atoms with Gasteiger partial charge in [0.2, 0.25) is 0 Å². The zero-order valence-corrected chi connectivity index (χ0v) is 12.5. The molecule has 0 aromatic carbocycles. The molecule has 0 spiro atoms. The summed E-state index contributed by atoms with van der Waals surface area (Å²) in [5.74, 6) is 0. The number of hydrogen-bond acceptors (Lipinski definition) is 4. The van der Waals surface area contributed by atoms with Crippen LogP contribution in [-0.2, 0) is 6.42 Å². The van der Waals surface area contributed by atoms with E-state index in [0.717, 1.165) is 11.3 Å². The Labute approximate surface area is 127 Å². The van der Waals surface area contributed by atoms with Crippen molar-refractivity contribution in [1.29, 1.82) is 0 Å². The number of primary amides is 1. The molecule has 0 radical (unpaired) electrons. The van der Waals surface area contributed by atoms with E-state index < -0.39 is 12.1 Å². The molecule has 3 N–H and O–H groups in total. The molecule has 0 aliphatic rings. The molecule has 0 saturated carbocycles. The van der Waals surface area contributed by atoms with Crippen molar-refractivity contribution in [2.24, 2.45) is 5.73 Å². The zero-order chi connectivity index (χ0) is 15.2. The van der Waals surface area contributed by atoms with Gasteiger partial charge in [0.1, 0.15) is 0 Å². The molecule has 2 rings (SSSR count). The summed E-state index contributed by atoms with van der Waals surface area (Å²) in [6.45, 7) is 1.69. The first-order valence-corrected chi connectivity index (χ1v) is 7.31. The number of pyridine rings is 1. The number of nitrogens with zero attached hydrogens (tertiary/aromatic N) is 2. The minimum Gasteiger partial charge on any atom is -0.350 e. The molecule has 2 heterocycles. The summed E-state index contributed by atoms with van der Waals surface area (Å²) in [7, 11) is 0. The number of amides is 2. The van der Waals surface area contributed by atoms with Gasteiger partial charge in [-0.15, -0.1) is 11.3 Å². The van der Waals surface area contributed by atoms with Crippen LogP contribution in [0.15, 0.2) is 42.7 Å². The number of nitrogens with two attached hydrogens (primary N) is 1. The normalized spacial score (nSPS) is 12.5. The van der Waals surface area contributed by atoms with E-state index in [2.05, 4.69) is 11.1 Å². The Morgan fingerprint density at radius 3 is 3.00 bits per heavy atom. The van der Waals surface area contributed by atoms with Crippen LogP contribution < -0.4 is 5.73 Å². The summed E-state index contributed by atoms with van der Waals surface area (Å²) in [5.41, 5.74) is 6.16. The van der Waals surface area contributed by atoms with E-state index in [-0.39, 0.29) is 0 Å². The van der Waals surface area contributed by atoms with Gasteiger partial charge in [-0.1, -0.05) is 12.1 Å². The van der Waals surface area contributed by atoms with Crippen molar-refractivity contribution < 1.29 is 10.0 Å². The Hall–Kier alpha value is -2.18. The standard InChI is InChI=1S/C15H17N3O2S/c1-11(18(20)15(16)19)4-5-13-6-7-14(21-13)9-12-3-2-8-17-10-12/h2-8,10-11,20H,9H2,1H3,(H2,16,19). The molecule has 0 fully saturated rings. The van der Waals surface area contributed by atoms with Gasteiger partial charge in [0, 0.05) is 28.6 Å². The zero-order valence-electron chi connectivity index (χ0n) is 11.6. The van der Waals surface area contributed by atoms with E-state index in [4.69, 9.17) is 5.73 Å². The van der Waals surface area contributed by atoms with Crippen LogP contribution in [0.3, 0.4) is 0 Å². The van der Waals surface area contributed by atoms with E-state index in [1.54, 1.807) is 30.5 Å². The van der Waals surface area contributed by atoms with Crippen LogP contribution in [0.1, 0.15) is 22.2 Å². The lowest BCUT2D eigenvalue weighted by molar-refractivity contribution is -0.0560. The molecule has 6 heteroatoms. The highest BCUT2D eigenvalue weighted by atomic mass is 32.1. The predicted molar refractivity (Wildman–Crippen MR) is 83.1 cm³/mol. The van der Waals surface area contributed by atoms with Crippen molar-refractivity contribution in [2.75, 3.05) is 0 Å². The number of thiophene rings is 1. The maximum atomic E-state index is 10.8. The first kappa shape index (κ1) is 15.2. The molecule has 0 bridgehead atoms. The minimum atomic E-state index is -0.865. The number of carbonyl (C=O) groups is 1. The Morgan fingerprint density at radius 1 is 1.52 bits per heavy atom. The Bertz CT molecular complexity index is 625. The quantitative estimate of drug-likeness (QED) is 0.658. The van der Waals surface area contributed by atoms with Gasteiger partial charge in [-0.2, -0.15) is 5.06 Å². The van der Waals surface area contributed by atoms with Gasteiger partial charge in [-0.25, -0.2) is 4.79 Å². The molecule has 1 atom stereocenters. The van der Waals surface area contributed by atoms with Gasteiger partial charge in [0.05, 0.1) is 6.04 Å². The van der Waals surface area contributed by atoms with Crippen molar-refractivity contribution in [2.45, 2.75) is 19.4 Å². The lowest BCUT2D eigenvalue weighted by Gasteiger charge is -2.16. The third-order valence-electron chi connectivity index (χ3n) is 2.93. The number of aromatic nitrogens is 1. The number of rotatable bonds is 5. The second-order valence-electron chi connectivity index (χ2n) is 4.62. The van der Waals surface area contributed by atoms with Gasteiger partial charge in [-0.3, -0.25) is 10.2 Å². The summed E-state index contributed by atoms with van der Waals surface area (Å²) in [6, 6.07) is 6.70. The third kappa shape index (κ3) is 4.40. The molecule has 0 aliphatic carbocycles. The molecular weight excluding hydrogens is 286 g/mol. The fourth-order valence-electron chi connectivity index (χ4n) is 1.80. The molecule has 5 nitrogen and oxygen atoms in total. The highest BCUT2D eigenvalue weighted by Gasteiger charge is 2.11. The van der Waals surface area contributed by atoms with Gasteiger partial charge >= 0.3 is 6.03 Å². The third-order valence-corrected chi connectivity index (χ3v) is 3.98. The molecule has 0 aliphatic heterocycles. The lowest BCUT2D eigenvalue weighted by Crippen LogP contribution is -2.38. The molecule has 2 aromatic rings. The number of carbonyl (C=O) groups excluding carboxylic acids is 1. The van der Waals surface area contributed by atoms with Gasteiger partial charge in [0.25, 0.3) is 0 Å². The fourth-order valence-corrected chi connectivity index (χ4v) is 2.76. The SMILES string of the molecule is CC(C=Cc1ccc(Cc2cccnc2)s1)N(O)C(N)=O. The number of hydroxylamine groups is 2. The molecule has 110 valence electrons. The first-order chi connectivity index (χ1) is 10.1. The lowest BCUT2D eigenvalue weighted by atomic mass is 10.2. The highest BCUT2D eigenvalue weighted by molar-refractivity contribution is 7.12. The summed E-state index contributed by atoms with van der Waals surface area (Å²) in [5, 5.41) is 9.88. The molecule has 21 heavy (non-hydrogen) atoms. The average molecular weight is 303 g/mol. The summed E-state index contributed by atoms with van der Waals surface area (Å²) in [6.07, 6.45) is 8.05. The monoisotopic (exact) mass is 303 g/mol. The second-order valence-corrected chi connectivity index (χ2v) is 5.82. The van der Waals surface area contributed by atoms with Crippen molar-refractivity contribution in [3.63, 3.8) is 0 Å². The van der Waals surface area contributed by atoms with E-state index in [9.17, 15) is 10.0 Å². The predicted octanol–water partition coefficient (Wildman–Crippen LogP) is 2.91. The fraction of sp³-hybridized carbons (Fsp3) is 0.200.